The molecule has 0 saturated carbocycles. The number of rotatable bonds is 10. The molecule has 7 heteroatoms. The van der Waals surface area contributed by atoms with Crippen LogP contribution in [0.15, 0.2) is 48.5 Å². The molecule has 0 radical (unpaired) electrons. The summed E-state index contributed by atoms with van der Waals surface area (Å²) in [6, 6.07) is 14.8. The largest absolute Gasteiger partial charge is 0.494 e. The standard InChI is InChI=1S/C24H29N3O4/c1-5-6-13-31-19-10-7-17(8-11-19)20-15-21(27-26-20)24(28)25-16(2)18-9-12-22(29-3)23(14-18)30-4/h7-12,14-16H,5-6,13H2,1-4H3,(H,25,28)(H,26,27)/t16-/m1/s1. The summed E-state index contributed by atoms with van der Waals surface area (Å²) < 4.78 is 16.3. The third-order valence-electron chi connectivity index (χ3n) is 4.99. The van der Waals surface area contributed by atoms with E-state index in [0.717, 1.165) is 29.7 Å². The summed E-state index contributed by atoms with van der Waals surface area (Å²) in [5.74, 6) is 1.85. The highest BCUT2D eigenvalue weighted by molar-refractivity contribution is 5.93. The lowest BCUT2D eigenvalue weighted by Gasteiger charge is -2.16. The van der Waals surface area contributed by atoms with E-state index in [-0.39, 0.29) is 11.9 Å². The highest BCUT2D eigenvalue weighted by Gasteiger charge is 2.16. The number of hydrogen-bond donors (Lipinski definition) is 2. The van der Waals surface area contributed by atoms with Crippen LogP contribution in [-0.2, 0) is 0 Å². The molecule has 2 aromatic carbocycles. The lowest BCUT2D eigenvalue weighted by atomic mass is 10.1. The minimum atomic E-state index is -0.236. The Labute approximate surface area is 182 Å². The molecule has 1 aromatic heterocycles. The number of nitrogens with zero attached hydrogens (tertiary/aromatic N) is 1. The van der Waals surface area contributed by atoms with E-state index in [2.05, 4.69) is 22.4 Å². The fourth-order valence-corrected chi connectivity index (χ4v) is 3.12. The van der Waals surface area contributed by atoms with Gasteiger partial charge in [-0.05, 0) is 61.4 Å². The van der Waals surface area contributed by atoms with Crippen LogP contribution in [0.3, 0.4) is 0 Å². The molecule has 0 saturated heterocycles. The number of aromatic amines is 1. The summed E-state index contributed by atoms with van der Waals surface area (Å²) in [6.07, 6.45) is 2.13. The number of methoxy groups -OCH3 is 2. The summed E-state index contributed by atoms with van der Waals surface area (Å²) in [5.41, 5.74) is 2.91. The van der Waals surface area contributed by atoms with Gasteiger partial charge >= 0.3 is 0 Å². The number of unbranched alkanes of at least 4 members (excludes halogenated alkanes) is 1. The zero-order valence-corrected chi connectivity index (χ0v) is 18.4. The molecule has 3 rings (SSSR count). The third kappa shape index (κ3) is 5.57. The molecule has 3 aromatic rings. The van der Waals surface area contributed by atoms with Crippen LogP contribution in [0.25, 0.3) is 11.3 Å². The van der Waals surface area contributed by atoms with Crippen molar-refractivity contribution >= 4 is 5.91 Å². The van der Waals surface area contributed by atoms with Crippen molar-refractivity contribution in [2.24, 2.45) is 0 Å². The van der Waals surface area contributed by atoms with Crippen molar-refractivity contribution in [1.29, 1.82) is 0 Å². The highest BCUT2D eigenvalue weighted by Crippen LogP contribution is 2.30. The number of nitrogens with one attached hydrogen (secondary N) is 2. The van der Waals surface area contributed by atoms with Crippen LogP contribution >= 0.6 is 0 Å². The van der Waals surface area contributed by atoms with Crippen LogP contribution in [0.2, 0.25) is 0 Å². The average molecular weight is 424 g/mol. The Morgan fingerprint density at radius 3 is 2.48 bits per heavy atom. The third-order valence-corrected chi connectivity index (χ3v) is 4.99. The van der Waals surface area contributed by atoms with Gasteiger partial charge < -0.3 is 19.5 Å². The molecule has 31 heavy (non-hydrogen) atoms. The van der Waals surface area contributed by atoms with Crippen LogP contribution in [0.5, 0.6) is 17.2 Å². The molecular formula is C24H29N3O4. The molecule has 0 unspecified atom stereocenters. The van der Waals surface area contributed by atoms with Crippen molar-refractivity contribution in [3.63, 3.8) is 0 Å². The zero-order valence-electron chi connectivity index (χ0n) is 18.4. The minimum Gasteiger partial charge on any atom is -0.494 e. The van der Waals surface area contributed by atoms with E-state index in [9.17, 15) is 4.79 Å². The maximum absolute atomic E-state index is 12.7. The molecule has 0 fully saturated rings. The zero-order chi connectivity index (χ0) is 22.2. The normalized spacial score (nSPS) is 11.6. The quantitative estimate of drug-likeness (QED) is 0.459. The number of hydrogen-bond acceptors (Lipinski definition) is 5. The summed E-state index contributed by atoms with van der Waals surface area (Å²) in [4.78, 5) is 12.7. The van der Waals surface area contributed by atoms with E-state index < -0.39 is 0 Å². The van der Waals surface area contributed by atoms with Gasteiger partial charge in [-0.3, -0.25) is 9.89 Å². The molecule has 0 aliphatic heterocycles. The highest BCUT2D eigenvalue weighted by atomic mass is 16.5. The number of carbonyl (C=O) groups is 1. The molecule has 1 atom stereocenters. The molecule has 7 nitrogen and oxygen atoms in total. The van der Waals surface area contributed by atoms with Crippen LogP contribution in [0.1, 0.15) is 48.8 Å². The van der Waals surface area contributed by atoms with E-state index in [1.54, 1.807) is 20.3 Å². The first-order chi connectivity index (χ1) is 15.0. The second-order valence-electron chi connectivity index (χ2n) is 7.20. The number of amides is 1. The molecule has 0 aliphatic carbocycles. The summed E-state index contributed by atoms with van der Waals surface area (Å²) in [6.45, 7) is 4.75. The van der Waals surface area contributed by atoms with Crippen LogP contribution in [0.4, 0.5) is 0 Å². The molecule has 0 bridgehead atoms. The number of aromatic nitrogens is 2. The minimum absolute atomic E-state index is 0.224. The SMILES string of the molecule is CCCCOc1ccc(-c2cc(C(=O)N[C@H](C)c3ccc(OC)c(OC)c3)[nH]n2)cc1. The van der Waals surface area contributed by atoms with Gasteiger partial charge in [0.25, 0.3) is 5.91 Å². The van der Waals surface area contributed by atoms with Crippen molar-refractivity contribution in [3.05, 3.63) is 59.8 Å². The molecule has 0 aliphatic rings. The fraction of sp³-hybridized carbons (Fsp3) is 0.333. The monoisotopic (exact) mass is 423 g/mol. The van der Waals surface area contributed by atoms with Crippen LogP contribution < -0.4 is 19.5 Å². The Kier molecular flexibility index (Phi) is 7.54. The van der Waals surface area contributed by atoms with E-state index in [1.165, 1.54) is 0 Å². The predicted octanol–water partition coefficient (Wildman–Crippen LogP) is 4.76. The van der Waals surface area contributed by atoms with Gasteiger partial charge in [-0.1, -0.05) is 19.4 Å². The Bertz CT molecular complexity index is 998. The number of ether oxygens (including phenoxy) is 3. The van der Waals surface area contributed by atoms with Crippen molar-refractivity contribution < 1.29 is 19.0 Å². The van der Waals surface area contributed by atoms with Gasteiger partial charge in [-0.25, -0.2) is 0 Å². The van der Waals surface area contributed by atoms with Crippen molar-refractivity contribution in [2.75, 3.05) is 20.8 Å². The maximum atomic E-state index is 12.7. The van der Waals surface area contributed by atoms with Crippen LogP contribution in [-0.4, -0.2) is 36.9 Å². The van der Waals surface area contributed by atoms with E-state index >= 15 is 0 Å². The first-order valence-electron chi connectivity index (χ1n) is 10.4. The predicted molar refractivity (Wildman–Crippen MR) is 120 cm³/mol. The summed E-state index contributed by atoms with van der Waals surface area (Å²) >= 11 is 0. The Morgan fingerprint density at radius 2 is 1.81 bits per heavy atom. The smallest absolute Gasteiger partial charge is 0.269 e. The van der Waals surface area contributed by atoms with E-state index in [4.69, 9.17) is 14.2 Å². The molecule has 0 spiro atoms. The van der Waals surface area contributed by atoms with Crippen LogP contribution in [0, 0.1) is 0 Å². The van der Waals surface area contributed by atoms with Gasteiger partial charge in [0.2, 0.25) is 0 Å². The number of benzene rings is 2. The number of H-pyrrole nitrogens is 1. The number of carbonyl (C=O) groups excluding carboxylic acids is 1. The lowest BCUT2D eigenvalue weighted by molar-refractivity contribution is 0.0934. The van der Waals surface area contributed by atoms with Gasteiger partial charge in [0.15, 0.2) is 11.5 Å². The van der Waals surface area contributed by atoms with E-state index in [0.29, 0.717) is 29.5 Å². The second-order valence-corrected chi connectivity index (χ2v) is 7.20. The summed E-state index contributed by atoms with van der Waals surface area (Å²) in [5, 5.41) is 10.1. The molecular weight excluding hydrogens is 394 g/mol. The maximum Gasteiger partial charge on any atom is 0.269 e. The first kappa shape index (κ1) is 22.2. The van der Waals surface area contributed by atoms with Crippen molar-refractivity contribution in [2.45, 2.75) is 32.7 Å². The Hall–Kier alpha value is -3.48. The molecule has 1 heterocycles. The second kappa shape index (κ2) is 10.5. The van der Waals surface area contributed by atoms with Crippen molar-refractivity contribution in [1.82, 2.24) is 15.5 Å². The Morgan fingerprint density at radius 1 is 1.06 bits per heavy atom. The summed E-state index contributed by atoms with van der Waals surface area (Å²) in [7, 11) is 3.17. The van der Waals surface area contributed by atoms with Crippen molar-refractivity contribution in [3.8, 4) is 28.5 Å². The topological polar surface area (TPSA) is 85.5 Å². The van der Waals surface area contributed by atoms with Gasteiger partial charge in [-0.15, -0.1) is 0 Å². The molecule has 164 valence electrons. The lowest BCUT2D eigenvalue weighted by Crippen LogP contribution is -2.27. The molecule has 2 N–H and O–H groups in total. The molecule has 1 amide bonds. The Balaban J connectivity index is 1.64. The van der Waals surface area contributed by atoms with Gasteiger partial charge in [-0.2, -0.15) is 5.10 Å². The fourth-order valence-electron chi connectivity index (χ4n) is 3.12. The van der Waals surface area contributed by atoms with Gasteiger partial charge in [0.05, 0.1) is 32.6 Å². The van der Waals surface area contributed by atoms with Gasteiger partial charge in [0, 0.05) is 5.56 Å². The average Bonchev–Trinajstić information content (AvgIpc) is 3.29. The first-order valence-corrected chi connectivity index (χ1v) is 10.4. The van der Waals surface area contributed by atoms with Gasteiger partial charge in [0.1, 0.15) is 11.4 Å². The van der Waals surface area contributed by atoms with E-state index in [1.807, 2.05) is 49.4 Å².